The van der Waals surface area contributed by atoms with Gasteiger partial charge in [0, 0.05) is 31.2 Å². The molecule has 4 fully saturated rings. The number of aromatic nitrogens is 5. The number of carbonyl (C=O) groups excluding carboxylic acids is 1. The third-order valence-electron chi connectivity index (χ3n) is 10.3. The summed E-state index contributed by atoms with van der Waals surface area (Å²) in [5.74, 6) is 1.34. The van der Waals surface area contributed by atoms with Crippen LogP contribution < -0.4 is 20.9 Å². The van der Waals surface area contributed by atoms with Crippen LogP contribution in [0, 0.1) is 11.8 Å². The zero-order chi connectivity index (χ0) is 30.2. The molecule has 6 heterocycles. The van der Waals surface area contributed by atoms with E-state index in [0.29, 0.717) is 36.6 Å². The largest absolute Gasteiger partial charge is 0.374 e. The normalized spacial score (nSPS) is 26.6. The van der Waals surface area contributed by atoms with E-state index in [-0.39, 0.29) is 29.4 Å². The number of ether oxygens (including phenoxy) is 1. The Labute approximate surface area is 256 Å². The highest BCUT2D eigenvalue weighted by Gasteiger charge is 2.42. The molecule has 0 aromatic carbocycles. The molecule has 1 saturated carbocycles. The minimum absolute atomic E-state index is 0.0328. The summed E-state index contributed by atoms with van der Waals surface area (Å²) in [7, 11) is 0. The van der Waals surface area contributed by atoms with Gasteiger partial charge in [0.2, 0.25) is 0 Å². The third kappa shape index (κ3) is 5.93. The molecule has 0 spiro atoms. The van der Waals surface area contributed by atoms with Crippen LogP contribution in [0.25, 0.3) is 5.65 Å². The SMILES string of the molecule is CC(NCCC1CCC(n2cc(NC(=O)c3c(N4C[C@H]5C[C@@H]4CO5)nn4cccnc34)c(C(F)F)n2)CC1)C1CCNCC1. The first kappa shape index (κ1) is 29.5. The van der Waals surface area contributed by atoms with Gasteiger partial charge in [-0.3, -0.25) is 9.48 Å². The number of amides is 1. The zero-order valence-electron chi connectivity index (χ0n) is 25.3. The van der Waals surface area contributed by atoms with Crippen LogP contribution in [-0.4, -0.2) is 81.3 Å². The van der Waals surface area contributed by atoms with Gasteiger partial charge in [0.15, 0.2) is 17.2 Å². The molecule has 7 rings (SSSR count). The Morgan fingerprint density at radius 1 is 1.14 bits per heavy atom. The average Bonchev–Trinajstić information content (AvgIpc) is 3.84. The first-order valence-corrected chi connectivity index (χ1v) is 16.3. The predicted molar refractivity (Wildman–Crippen MR) is 162 cm³/mol. The lowest BCUT2D eigenvalue weighted by atomic mass is 9.84. The number of carbonyl (C=O) groups is 1. The molecule has 1 aliphatic carbocycles. The van der Waals surface area contributed by atoms with E-state index >= 15 is 0 Å². The Bertz CT molecular complexity index is 1450. The van der Waals surface area contributed by atoms with Gasteiger partial charge in [-0.25, -0.2) is 18.3 Å². The van der Waals surface area contributed by atoms with Crippen molar-refractivity contribution in [2.24, 2.45) is 11.8 Å². The minimum Gasteiger partial charge on any atom is -0.374 e. The van der Waals surface area contributed by atoms with Crippen LogP contribution in [0.3, 0.4) is 0 Å². The second kappa shape index (κ2) is 12.7. The highest BCUT2D eigenvalue weighted by atomic mass is 19.3. The number of nitrogens with one attached hydrogen (secondary N) is 3. The molecule has 3 atom stereocenters. The molecule has 13 heteroatoms. The molecule has 3 N–H and O–H groups in total. The number of alkyl halides is 2. The van der Waals surface area contributed by atoms with Gasteiger partial charge < -0.3 is 25.6 Å². The lowest BCUT2D eigenvalue weighted by Crippen LogP contribution is -2.40. The second-order valence-corrected chi connectivity index (χ2v) is 13.0. The Kier molecular flexibility index (Phi) is 8.52. The van der Waals surface area contributed by atoms with Crippen molar-refractivity contribution in [1.82, 2.24) is 35.0 Å². The van der Waals surface area contributed by atoms with Crippen LogP contribution >= 0.6 is 0 Å². The molecular weight excluding hydrogens is 568 g/mol. The third-order valence-corrected chi connectivity index (χ3v) is 10.3. The quantitative estimate of drug-likeness (QED) is 0.313. The Balaban J connectivity index is 1.01. The van der Waals surface area contributed by atoms with Crippen molar-refractivity contribution < 1.29 is 18.3 Å². The number of hydrogen-bond donors (Lipinski definition) is 3. The van der Waals surface area contributed by atoms with Crippen molar-refractivity contribution in [1.29, 1.82) is 0 Å². The molecule has 0 radical (unpaired) electrons. The molecule has 3 saturated heterocycles. The van der Waals surface area contributed by atoms with Crippen LogP contribution in [0.2, 0.25) is 0 Å². The molecule has 1 amide bonds. The Hall–Kier alpha value is -3.16. The maximum absolute atomic E-state index is 14.2. The van der Waals surface area contributed by atoms with Crippen molar-refractivity contribution in [2.45, 2.75) is 88.9 Å². The predicted octanol–water partition coefficient (Wildman–Crippen LogP) is 4.19. The average molecular weight is 612 g/mol. The lowest BCUT2D eigenvalue weighted by Gasteiger charge is -2.31. The molecule has 4 aliphatic rings. The summed E-state index contributed by atoms with van der Waals surface area (Å²) < 4.78 is 37.3. The highest BCUT2D eigenvalue weighted by molar-refractivity contribution is 6.12. The molecule has 2 bridgehead atoms. The first-order valence-electron chi connectivity index (χ1n) is 16.3. The zero-order valence-corrected chi connectivity index (χ0v) is 25.3. The summed E-state index contributed by atoms with van der Waals surface area (Å²) in [4.78, 5) is 20.3. The van der Waals surface area contributed by atoms with Crippen LogP contribution in [0.1, 0.15) is 86.8 Å². The molecule has 238 valence electrons. The fraction of sp³-hybridized carbons (Fsp3) is 0.677. The highest BCUT2D eigenvalue weighted by Crippen LogP contribution is 2.38. The van der Waals surface area contributed by atoms with Crippen molar-refractivity contribution in [3.05, 3.63) is 35.9 Å². The van der Waals surface area contributed by atoms with Gasteiger partial charge >= 0.3 is 0 Å². The van der Waals surface area contributed by atoms with Gasteiger partial charge in [0.1, 0.15) is 5.56 Å². The number of morpholine rings is 1. The van der Waals surface area contributed by atoms with E-state index in [1.165, 1.54) is 12.8 Å². The van der Waals surface area contributed by atoms with Gasteiger partial charge in [-0.15, -0.1) is 5.10 Å². The van der Waals surface area contributed by atoms with Crippen LogP contribution in [0.15, 0.2) is 24.7 Å². The minimum atomic E-state index is -2.82. The Morgan fingerprint density at radius 3 is 2.68 bits per heavy atom. The number of fused-ring (bicyclic) bond motifs is 3. The van der Waals surface area contributed by atoms with Gasteiger partial charge in [-0.2, -0.15) is 5.10 Å². The summed E-state index contributed by atoms with van der Waals surface area (Å²) in [6.07, 6.45) is 10.5. The monoisotopic (exact) mass is 611 g/mol. The molecule has 3 aliphatic heterocycles. The maximum atomic E-state index is 14.2. The number of hydrogen-bond acceptors (Lipinski definition) is 8. The standard InChI is InChI=1S/C31H43F2N9O2/c1-19(21-8-11-34-12-9-21)35-13-7-20-3-5-22(6-4-20)42-17-25(27(38-42)28(32)33)37-31(43)26-29-36-10-2-14-41(29)39-30(26)40-16-24-15-23(40)18-44-24/h2,10,14,17,19-24,28,34-35H,3-9,11-13,15-16,18H2,1H3,(H,37,43)/t19?,20?,22?,23-,24-/m1/s1. The summed E-state index contributed by atoms with van der Waals surface area (Å²) in [6.45, 7) is 6.75. The van der Waals surface area contributed by atoms with Gasteiger partial charge in [0.25, 0.3) is 12.3 Å². The van der Waals surface area contributed by atoms with Gasteiger partial charge in [-0.1, -0.05) is 0 Å². The molecule has 1 unspecified atom stereocenters. The van der Waals surface area contributed by atoms with Crippen LogP contribution in [0.4, 0.5) is 20.3 Å². The van der Waals surface area contributed by atoms with E-state index in [2.05, 4.69) is 43.0 Å². The molecule has 44 heavy (non-hydrogen) atoms. The smallest absolute Gasteiger partial charge is 0.284 e. The van der Waals surface area contributed by atoms with E-state index in [9.17, 15) is 13.6 Å². The number of nitrogens with zero attached hydrogens (tertiary/aromatic N) is 6. The number of rotatable bonds is 10. The van der Waals surface area contributed by atoms with Gasteiger partial charge in [-0.05, 0) is 95.8 Å². The summed E-state index contributed by atoms with van der Waals surface area (Å²) >= 11 is 0. The van der Waals surface area contributed by atoms with Crippen molar-refractivity contribution in [3.63, 3.8) is 0 Å². The van der Waals surface area contributed by atoms with E-state index in [4.69, 9.17) is 4.74 Å². The first-order chi connectivity index (χ1) is 21.4. The van der Waals surface area contributed by atoms with E-state index < -0.39 is 18.0 Å². The van der Waals surface area contributed by atoms with Crippen LogP contribution in [-0.2, 0) is 4.74 Å². The maximum Gasteiger partial charge on any atom is 0.284 e. The summed E-state index contributed by atoms with van der Waals surface area (Å²) in [5.41, 5.74) is 0.286. The van der Waals surface area contributed by atoms with Crippen molar-refractivity contribution >= 4 is 23.1 Å². The lowest BCUT2D eigenvalue weighted by molar-refractivity contribution is 0.0979. The second-order valence-electron chi connectivity index (χ2n) is 13.0. The van der Waals surface area contributed by atoms with Gasteiger partial charge in [0.05, 0.1) is 30.5 Å². The molecule has 11 nitrogen and oxygen atoms in total. The summed E-state index contributed by atoms with van der Waals surface area (Å²) in [6, 6.07) is 2.43. The van der Waals surface area contributed by atoms with E-state index in [1.54, 1.807) is 33.9 Å². The van der Waals surface area contributed by atoms with E-state index in [0.717, 1.165) is 64.1 Å². The fourth-order valence-electron chi connectivity index (χ4n) is 7.70. The molecule has 3 aromatic heterocycles. The fourth-order valence-corrected chi connectivity index (χ4v) is 7.70. The molecular formula is C31H43F2N9O2. The topological polar surface area (TPSA) is 114 Å². The molecule has 3 aromatic rings. The Morgan fingerprint density at radius 2 is 1.95 bits per heavy atom. The number of anilines is 2. The number of piperidine rings is 1. The van der Waals surface area contributed by atoms with Crippen molar-refractivity contribution in [2.75, 3.05) is 43.0 Å². The number of halogens is 2. The van der Waals surface area contributed by atoms with E-state index in [1.807, 2.05) is 0 Å². The summed E-state index contributed by atoms with van der Waals surface area (Å²) in [5, 5.41) is 18.9. The van der Waals surface area contributed by atoms with Crippen molar-refractivity contribution in [3.8, 4) is 0 Å². The van der Waals surface area contributed by atoms with Crippen LogP contribution in [0.5, 0.6) is 0 Å².